The molecule has 1 heterocycles. The molecule has 0 saturated heterocycles. The lowest BCUT2D eigenvalue weighted by Gasteiger charge is -2.13. The first-order chi connectivity index (χ1) is 13.3. The Bertz CT molecular complexity index is 968. The first-order valence-electron chi connectivity index (χ1n) is 8.23. The van der Waals surface area contributed by atoms with E-state index in [0.717, 1.165) is 29.1 Å². The summed E-state index contributed by atoms with van der Waals surface area (Å²) < 4.78 is 37.9. The number of hydrogen-bond acceptors (Lipinski definition) is 3. The monoisotopic (exact) mass is 404 g/mol. The van der Waals surface area contributed by atoms with E-state index in [-0.39, 0.29) is 17.9 Å². The average molecular weight is 404 g/mol. The van der Waals surface area contributed by atoms with E-state index in [9.17, 15) is 22.8 Å². The van der Waals surface area contributed by atoms with Crippen molar-refractivity contribution in [1.29, 1.82) is 0 Å². The van der Waals surface area contributed by atoms with Gasteiger partial charge in [-0.15, -0.1) is 11.3 Å². The van der Waals surface area contributed by atoms with E-state index in [2.05, 4.69) is 10.6 Å². The van der Waals surface area contributed by atoms with Crippen molar-refractivity contribution in [1.82, 2.24) is 0 Å². The van der Waals surface area contributed by atoms with Crippen molar-refractivity contribution in [2.45, 2.75) is 12.6 Å². The van der Waals surface area contributed by atoms with Gasteiger partial charge in [0.15, 0.2) is 0 Å². The van der Waals surface area contributed by atoms with Crippen molar-refractivity contribution < 1.29 is 22.8 Å². The van der Waals surface area contributed by atoms with Gasteiger partial charge >= 0.3 is 6.18 Å². The average Bonchev–Trinajstić information content (AvgIpc) is 3.15. The van der Waals surface area contributed by atoms with Crippen LogP contribution in [0.25, 0.3) is 0 Å². The number of para-hydroxylation sites is 2. The summed E-state index contributed by atoms with van der Waals surface area (Å²) in [4.78, 5) is 25.5. The number of alkyl halides is 3. The standard InChI is InChI=1S/C20H15F3N2O2S/c21-20(22,23)14-9-7-13(8-10-14)19(27)25-17-6-2-1-5-16(17)24-18(26)12-15-4-3-11-28-15/h1-11H,12H2,(H,24,26)(H,25,27). The Labute approximate surface area is 163 Å². The number of rotatable bonds is 5. The van der Waals surface area contributed by atoms with Crippen LogP contribution < -0.4 is 10.6 Å². The van der Waals surface area contributed by atoms with Gasteiger partial charge < -0.3 is 10.6 Å². The van der Waals surface area contributed by atoms with Crippen molar-refractivity contribution in [3.05, 3.63) is 82.0 Å². The maximum atomic E-state index is 12.6. The van der Waals surface area contributed by atoms with Gasteiger partial charge in [-0.05, 0) is 47.8 Å². The minimum atomic E-state index is -4.46. The molecule has 3 rings (SSSR count). The highest BCUT2D eigenvalue weighted by Crippen LogP contribution is 2.29. The van der Waals surface area contributed by atoms with Gasteiger partial charge in [0.2, 0.25) is 5.91 Å². The fraction of sp³-hybridized carbons (Fsp3) is 0.100. The third kappa shape index (κ3) is 4.98. The molecule has 0 saturated carbocycles. The second kappa shape index (κ2) is 8.26. The van der Waals surface area contributed by atoms with Gasteiger partial charge in [-0.3, -0.25) is 9.59 Å². The minimum Gasteiger partial charge on any atom is -0.324 e. The minimum absolute atomic E-state index is 0.0766. The largest absolute Gasteiger partial charge is 0.416 e. The fourth-order valence-electron chi connectivity index (χ4n) is 2.47. The van der Waals surface area contributed by atoms with Gasteiger partial charge in [-0.25, -0.2) is 0 Å². The number of amides is 2. The number of anilines is 2. The summed E-state index contributed by atoms with van der Waals surface area (Å²) in [5, 5.41) is 7.23. The van der Waals surface area contributed by atoms with Gasteiger partial charge in [0.1, 0.15) is 0 Å². The van der Waals surface area contributed by atoms with E-state index in [1.54, 1.807) is 24.3 Å². The maximum Gasteiger partial charge on any atom is 0.416 e. The van der Waals surface area contributed by atoms with E-state index in [1.807, 2.05) is 17.5 Å². The molecule has 0 aliphatic heterocycles. The Morgan fingerprint density at radius 1 is 0.857 bits per heavy atom. The molecule has 2 aromatic carbocycles. The summed E-state index contributed by atoms with van der Waals surface area (Å²) in [6.07, 6.45) is -4.26. The molecule has 1 aromatic heterocycles. The van der Waals surface area contributed by atoms with Crippen LogP contribution in [0, 0.1) is 0 Å². The van der Waals surface area contributed by atoms with Crippen LogP contribution in [0.2, 0.25) is 0 Å². The molecule has 0 fully saturated rings. The van der Waals surface area contributed by atoms with Crippen LogP contribution in [-0.4, -0.2) is 11.8 Å². The number of benzene rings is 2. The zero-order valence-corrected chi connectivity index (χ0v) is 15.2. The highest BCUT2D eigenvalue weighted by atomic mass is 32.1. The smallest absolute Gasteiger partial charge is 0.324 e. The van der Waals surface area contributed by atoms with Crippen LogP contribution in [0.15, 0.2) is 66.0 Å². The van der Waals surface area contributed by atoms with Crippen LogP contribution >= 0.6 is 11.3 Å². The summed E-state index contributed by atoms with van der Waals surface area (Å²) in [6, 6.07) is 14.2. The lowest BCUT2D eigenvalue weighted by molar-refractivity contribution is -0.137. The number of hydrogen-bond donors (Lipinski definition) is 2. The Balaban J connectivity index is 1.70. The quantitative estimate of drug-likeness (QED) is 0.614. The van der Waals surface area contributed by atoms with Crippen LogP contribution in [0.3, 0.4) is 0 Å². The Morgan fingerprint density at radius 3 is 2.07 bits per heavy atom. The van der Waals surface area contributed by atoms with Crippen LogP contribution in [-0.2, 0) is 17.4 Å². The number of halogens is 3. The number of nitrogens with one attached hydrogen (secondary N) is 2. The van der Waals surface area contributed by atoms with Crippen molar-refractivity contribution >= 4 is 34.5 Å². The highest BCUT2D eigenvalue weighted by molar-refractivity contribution is 7.10. The SMILES string of the molecule is O=C(Cc1cccs1)Nc1ccccc1NC(=O)c1ccc(C(F)(F)F)cc1. The molecule has 4 nitrogen and oxygen atoms in total. The zero-order chi connectivity index (χ0) is 20.1. The van der Waals surface area contributed by atoms with Crippen LogP contribution in [0.5, 0.6) is 0 Å². The molecule has 8 heteroatoms. The predicted octanol–water partition coefficient (Wildman–Crippen LogP) is 5.20. The van der Waals surface area contributed by atoms with E-state index < -0.39 is 17.6 Å². The van der Waals surface area contributed by atoms with E-state index in [1.165, 1.54) is 11.3 Å². The van der Waals surface area contributed by atoms with Crippen LogP contribution in [0.4, 0.5) is 24.5 Å². The van der Waals surface area contributed by atoms with E-state index in [4.69, 9.17) is 0 Å². The summed E-state index contributed by atoms with van der Waals surface area (Å²) in [5.41, 5.74) is 0.00857. The predicted molar refractivity (Wildman–Crippen MR) is 102 cm³/mol. The third-order valence-corrected chi connectivity index (χ3v) is 4.72. The van der Waals surface area contributed by atoms with E-state index >= 15 is 0 Å². The number of thiophene rings is 1. The highest BCUT2D eigenvalue weighted by Gasteiger charge is 2.30. The van der Waals surface area contributed by atoms with Gasteiger partial charge in [-0.2, -0.15) is 13.2 Å². The molecule has 2 amide bonds. The summed E-state index contributed by atoms with van der Waals surface area (Å²) in [6.45, 7) is 0. The van der Waals surface area contributed by atoms with Gasteiger partial charge in [-0.1, -0.05) is 18.2 Å². The Morgan fingerprint density at radius 2 is 1.50 bits per heavy atom. The molecule has 0 bridgehead atoms. The maximum absolute atomic E-state index is 12.6. The molecule has 2 N–H and O–H groups in total. The second-order valence-electron chi connectivity index (χ2n) is 5.88. The fourth-order valence-corrected chi connectivity index (χ4v) is 3.18. The molecule has 3 aromatic rings. The number of carbonyl (C=O) groups excluding carboxylic acids is 2. The van der Waals surface area contributed by atoms with Crippen molar-refractivity contribution in [2.24, 2.45) is 0 Å². The molecule has 28 heavy (non-hydrogen) atoms. The zero-order valence-electron chi connectivity index (χ0n) is 14.4. The summed E-state index contributed by atoms with van der Waals surface area (Å²) in [5.74, 6) is -0.813. The molecular formula is C20H15F3N2O2S. The van der Waals surface area contributed by atoms with E-state index in [0.29, 0.717) is 11.4 Å². The molecule has 0 aliphatic rings. The van der Waals surface area contributed by atoms with Gasteiger partial charge in [0.25, 0.3) is 5.91 Å². The Kier molecular flexibility index (Phi) is 5.79. The Hall–Kier alpha value is -3.13. The molecule has 144 valence electrons. The topological polar surface area (TPSA) is 58.2 Å². The van der Waals surface area contributed by atoms with Crippen LogP contribution in [0.1, 0.15) is 20.8 Å². The van der Waals surface area contributed by atoms with Crippen molar-refractivity contribution in [3.8, 4) is 0 Å². The molecule has 0 spiro atoms. The van der Waals surface area contributed by atoms with Gasteiger partial charge in [0.05, 0.1) is 23.4 Å². The lowest BCUT2D eigenvalue weighted by atomic mass is 10.1. The third-order valence-electron chi connectivity index (χ3n) is 3.84. The normalized spacial score (nSPS) is 11.1. The van der Waals surface area contributed by atoms with Crippen molar-refractivity contribution in [2.75, 3.05) is 10.6 Å². The number of carbonyl (C=O) groups is 2. The molecule has 0 atom stereocenters. The first kappa shape index (κ1) is 19.6. The molecule has 0 radical (unpaired) electrons. The molecular weight excluding hydrogens is 389 g/mol. The first-order valence-corrected chi connectivity index (χ1v) is 9.11. The molecule has 0 aliphatic carbocycles. The second-order valence-corrected chi connectivity index (χ2v) is 6.91. The van der Waals surface area contributed by atoms with Crippen molar-refractivity contribution in [3.63, 3.8) is 0 Å². The lowest BCUT2D eigenvalue weighted by Crippen LogP contribution is -2.18. The summed E-state index contributed by atoms with van der Waals surface area (Å²) >= 11 is 1.47. The summed E-state index contributed by atoms with van der Waals surface area (Å²) in [7, 11) is 0. The van der Waals surface area contributed by atoms with Gasteiger partial charge in [0, 0.05) is 10.4 Å². The molecule has 0 unspecified atom stereocenters.